The minimum atomic E-state index is -1.50. The van der Waals surface area contributed by atoms with Gasteiger partial charge in [-0.2, -0.15) is 0 Å². The summed E-state index contributed by atoms with van der Waals surface area (Å²) in [6.07, 6.45) is 2.70. The molecular formula is C21H23F3N4O2. The van der Waals surface area contributed by atoms with E-state index in [1.807, 2.05) is 25.8 Å². The summed E-state index contributed by atoms with van der Waals surface area (Å²) in [4.78, 5) is 23.1. The molecule has 3 atom stereocenters. The van der Waals surface area contributed by atoms with Crippen molar-refractivity contribution >= 4 is 17.4 Å². The second-order valence-electron chi connectivity index (χ2n) is 8.02. The Hall–Kier alpha value is -2.84. The molecule has 1 N–H and O–H groups in total. The van der Waals surface area contributed by atoms with Gasteiger partial charge in [0.05, 0.1) is 11.8 Å². The molecule has 0 saturated heterocycles. The normalized spacial score (nSPS) is 23.3. The van der Waals surface area contributed by atoms with Crippen LogP contribution in [0.5, 0.6) is 5.75 Å². The molecule has 1 saturated carbocycles. The minimum absolute atomic E-state index is 0.00993. The van der Waals surface area contributed by atoms with Crippen molar-refractivity contribution in [3.63, 3.8) is 0 Å². The molecule has 160 valence electrons. The molecule has 2 aromatic rings. The molecule has 2 heterocycles. The average Bonchev–Trinajstić information content (AvgIpc) is 3.12. The zero-order valence-corrected chi connectivity index (χ0v) is 17.0. The molecule has 0 spiro atoms. The molecule has 1 aliphatic carbocycles. The fourth-order valence-corrected chi connectivity index (χ4v) is 4.07. The van der Waals surface area contributed by atoms with E-state index in [1.165, 1.54) is 0 Å². The number of nitrogens with zero attached hydrogens (tertiary/aromatic N) is 3. The predicted molar refractivity (Wildman–Crippen MR) is 105 cm³/mol. The molecule has 0 unspecified atom stereocenters. The molecule has 6 nitrogen and oxygen atoms in total. The van der Waals surface area contributed by atoms with E-state index < -0.39 is 17.5 Å². The summed E-state index contributed by atoms with van der Waals surface area (Å²) in [5.41, 5.74) is 1.35. The van der Waals surface area contributed by atoms with Crippen LogP contribution in [-0.2, 0) is 11.2 Å². The lowest BCUT2D eigenvalue weighted by atomic mass is 10.0. The number of likely N-dealkylation sites (N-methyl/N-ethyl adjacent to an activating group) is 1. The number of fused-ring (bicyclic) bond motifs is 1. The number of rotatable bonds is 4. The molecule has 9 heteroatoms. The SMILES string of the molecule is Cc1nc(C[C@H]2CC[C@@H](Oc3cc(F)c(F)c(F)c3)C2)nc2c1NC(=O)[C@H](C)N2C. The first-order chi connectivity index (χ1) is 14.2. The quantitative estimate of drug-likeness (QED) is 0.763. The summed E-state index contributed by atoms with van der Waals surface area (Å²) >= 11 is 0. The van der Waals surface area contributed by atoms with Gasteiger partial charge in [-0.25, -0.2) is 23.1 Å². The fraction of sp³-hybridized carbons (Fsp3) is 0.476. The van der Waals surface area contributed by atoms with Crippen LogP contribution in [0.1, 0.15) is 37.7 Å². The van der Waals surface area contributed by atoms with E-state index >= 15 is 0 Å². The number of hydrogen-bond acceptors (Lipinski definition) is 5. The molecule has 1 amide bonds. The Morgan fingerprint density at radius 3 is 2.60 bits per heavy atom. The van der Waals surface area contributed by atoms with Gasteiger partial charge < -0.3 is 15.0 Å². The van der Waals surface area contributed by atoms with Crippen LogP contribution in [0.2, 0.25) is 0 Å². The number of aromatic nitrogens is 2. The van der Waals surface area contributed by atoms with Crippen LogP contribution >= 0.6 is 0 Å². The average molecular weight is 420 g/mol. The Morgan fingerprint density at radius 1 is 1.20 bits per heavy atom. The number of amides is 1. The number of hydrogen-bond donors (Lipinski definition) is 1. The Labute approximate surface area is 172 Å². The lowest BCUT2D eigenvalue weighted by molar-refractivity contribution is -0.117. The molecule has 2 aliphatic rings. The zero-order valence-electron chi connectivity index (χ0n) is 17.0. The molecule has 1 fully saturated rings. The highest BCUT2D eigenvalue weighted by Gasteiger charge is 2.32. The highest BCUT2D eigenvalue weighted by Crippen LogP contribution is 2.35. The van der Waals surface area contributed by atoms with Gasteiger partial charge in [0.25, 0.3) is 0 Å². The number of benzene rings is 1. The molecule has 1 aromatic carbocycles. The second-order valence-corrected chi connectivity index (χ2v) is 8.02. The van der Waals surface area contributed by atoms with Crippen LogP contribution in [0, 0.1) is 30.3 Å². The molecule has 0 bridgehead atoms. The van der Waals surface area contributed by atoms with E-state index in [0.717, 1.165) is 25.0 Å². The Kier molecular flexibility index (Phi) is 5.29. The van der Waals surface area contributed by atoms with Gasteiger partial charge in [0.2, 0.25) is 5.91 Å². The Morgan fingerprint density at radius 2 is 1.90 bits per heavy atom. The summed E-state index contributed by atoms with van der Waals surface area (Å²) in [6.45, 7) is 3.65. The summed E-state index contributed by atoms with van der Waals surface area (Å²) in [6, 6.07) is 1.42. The van der Waals surface area contributed by atoms with E-state index in [0.29, 0.717) is 35.9 Å². The number of carbonyl (C=O) groups is 1. The number of aryl methyl sites for hydroxylation is 1. The Bertz CT molecular complexity index is 977. The summed E-state index contributed by atoms with van der Waals surface area (Å²) < 4.78 is 45.6. The van der Waals surface area contributed by atoms with Crippen LogP contribution in [0.4, 0.5) is 24.7 Å². The third-order valence-corrected chi connectivity index (χ3v) is 5.88. The first-order valence-electron chi connectivity index (χ1n) is 9.95. The Balaban J connectivity index is 1.44. The molecular weight excluding hydrogens is 397 g/mol. The first-order valence-corrected chi connectivity index (χ1v) is 9.95. The summed E-state index contributed by atoms with van der Waals surface area (Å²) in [5.74, 6) is -2.48. The van der Waals surface area contributed by atoms with Crippen molar-refractivity contribution in [2.45, 2.75) is 51.7 Å². The predicted octanol–water partition coefficient (Wildman–Crippen LogP) is 3.77. The highest BCUT2D eigenvalue weighted by molar-refractivity contribution is 6.02. The van der Waals surface area contributed by atoms with Crippen LogP contribution < -0.4 is 15.0 Å². The van der Waals surface area contributed by atoms with Crippen molar-refractivity contribution in [1.82, 2.24) is 9.97 Å². The second kappa shape index (κ2) is 7.77. The van der Waals surface area contributed by atoms with Gasteiger partial charge in [0.1, 0.15) is 23.3 Å². The summed E-state index contributed by atoms with van der Waals surface area (Å²) in [7, 11) is 1.83. The topological polar surface area (TPSA) is 67.4 Å². The van der Waals surface area contributed by atoms with Gasteiger partial charge in [-0.1, -0.05) is 0 Å². The van der Waals surface area contributed by atoms with Gasteiger partial charge in [-0.3, -0.25) is 4.79 Å². The lowest BCUT2D eigenvalue weighted by Crippen LogP contribution is -2.45. The van der Waals surface area contributed by atoms with Gasteiger partial charge in [-0.15, -0.1) is 0 Å². The molecule has 0 radical (unpaired) electrons. The van der Waals surface area contributed by atoms with E-state index in [-0.39, 0.29) is 29.7 Å². The van der Waals surface area contributed by atoms with Crippen molar-refractivity contribution < 1.29 is 22.7 Å². The van der Waals surface area contributed by atoms with Crippen LogP contribution in [0.3, 0.4) is 0 Å². The van der Waals surface area contributed by atoms with Gasteiger partial charge in [-0.05, 0) is 39.0 Å². The van der Waals surface area contributed by atoms with Crippen molar-refractivity contribution in [3.05, 3.63) is 41.1 Å². The van der Waals surface area contributed by atoms with Crippen LogP contribution in [-0.4, -0.2) is 35.1 Å². The number of ether oxygens (including phenoxy) is 1. The fourth-order valence-electron chi connectivity index (χ4n) is 4.07. The lowest BCUT2D eigenvalue weighted by Gasteiger charge is -2.32. The number of anilines is 2. The maximum atomic E-state index is 13.4. The standard InChI is InChI=1S/C21H23F3N4O2/c1-10-19-20(28(3)11(2)21(29)27-19)26-17(25-10)7-12-4-5-13(6-12)30-14-8-15(22)18(24)16(23)9-14/h8-9,11-13H,4-7H2,1-3H3,(H,27,29)/t11-,12-,13+/m0/s1. The smallest absolute Gasteiger partial charge is 0.246 e. The minimum Gasteiger partial charge on any atom is -0.490 e. The maximum absolute atomic E-state index is 13.4. The van der Waals surface area contributed by atoms with E-state index in [1.54, 1.807) is 0 Å². The summed E-state index contributed by atoms with van der Waals surface area (Å²) in [5, 5.41) is 2.86. The van der Waals surface area contributed by atoms with E-state index in [9.17, 15) is 18.0 Å². The van der Waals surface area contributed by atoms with Gasteiger partial charge >= 0.3 is 0 Å². The molecule has 30 heavy (non-hydrogen) atoms. The highest BCUT2D eigenvalue weighted by atomic mass is 19.2. The molecule has 1 aromatic heterocycles. The van der Waals surface area contributed by atoms with Crippen LogP contribution in [0.25, 0.3) is 0 Å². The van der Waals surface area contributed by atoms with Gasteiger partial charge in [0, 0.05) is 25.6 Å². The number of halogens is 3. The third kappa shape index (κ3) is 3.80. The first kappa shape index (κ1) is 20.4. The van der Waals surface area contributed by atoms with Crippen molar-refractivity contribution in [3.8, 4) is 5.75 Å². The largest absolute Gasteiger partial charge is 0.490 e. The number of carbonyl (C=O) groups excluding carboxylic acids is 1. The van der Waals surface area contributed by atoms with E-state index in [2.05, 4.69) is 15.3 Å². The van der Waals surface area contributed by atoms with Crippen molar-refractivity contribution in [2.24, 2.45) is 5.92 Å². The molecule has 1 aliphatic heterocycles. The zero-order chi connectivity index (χ0) is 21.6. The van der Waals surface area contributed by atoms with Crippen molar-refractivity contribution in [2.75, 3.05) is 17.3 Å². The monoisotopic (exact) mass is 420 g/mol. The van der Waals surface area contributed by atoms with Crippen LogP contribution in [0.15, 0.2) is 12.1 Å². The van der Waals surface area contributed by atoms with Crippen molar-refractivity contribution in [1.29, 1.82) is 0 Å². The molecule has 4 rings (SSSR count). The number of nitrogens with one attached hydrogen (secondary N) is 1. The van der Waals surface area contributed by atoms with Gasteiger partial charge in [0.15, 0.2) is 23.3 Å². The maximum Gasteiger partial charge on any atom is 0.246 e. The third-order valence-electron chi connectivity index (χ3n) is 5.88. The van der Waals surface area contributed by atoms with E-state index in [4.69, 9.17) is 4.74 Å².